The van der Waals surface area contributed by atoms with Gasteiger partial charge in [-0.2, -0.15) is 9.97 Å². The Bertz CT molecular complexity index is 1000. The van der Waals surface area contributed by atoms with Crippen molar-refractivity contribution in [3.63, 3.8) is 0 Å². The summed E-state index contributed by atoms with van der Waals surface area (Å²) in [6, 6.07) is 15.5. The summed E-state index contributed by atoms with van der Waals surface area (Å²) in [5.41, 5.74) is 1.84. The van der Waals surface area contributed by atoms with Crippen LogP contribution in [0.4, 0.5) is 11.6 Å². The second kappa shape index (κ2) is 10.3. The normalized spacial score (nSPS) is 10.4. The molecular formula is C23H25N3O5. The maximum Gasteiger partial charge on any atom is 0.338 e. The fourth-order valence-corrected chi connectivity index (χ4v) is 2.87. The monoisotopic (exact) mass is 423 g/mol. The Kier molecular flexibility index (Phi) is 7.26. The fraction of sp³-hybridized carbons (Fsp3) is 0.261. The summed E-state index contributed by atoms with van der Waals surface area (Å²) in [4.78, 5) is 22.8. The predicted molar refractivity (Wildman–Crippen MR) is 116 cm³/mol. The molecule has 162 valence electrons. The molecule has 1 aromatic heterocycles. The molecule has 0 fully saturated rings. The number of rotatable bonds is 9. The van der Waals surface area contributed by atoms with Gasteiger partial charge in [-0.15, -0.1) is 0 Å². The van der Waals surface area contributed by atoms with Crippen molar-refractivity contribution < 1.29 is 24.1 Å². The van der Waals surface area contributed by atoms with Gasteiger partial charge in [0.15, 0.2) is 0 Å². The zero-order valence-electron chi connectivity index (χ0n) is 17.7. The van der Waals surface area contributed by atoms with Crippen molar-refractivity contribution in [2.24, 2.45) is 0 Å². The highest BCUT2D eigenvalue weighted by Gasteiger charge is 2.18. The second-order valence-corrected chi connectivity index (χ2v) is 6.65. The first-order valence-electron chi connectivity index (χ1n) is 9.84. The van der Waals surface area contributed by atoms with Gasteiger partial charge in [0.1, 0.15) is 5.75 Å². The number of hydrogen-bond acceptors (Lipinski definition) is 8. The molecule has 31 heavy (non-hydrogen) atoms. The topological polar surface area (TPSA) is 94.0 Å². The third-order valence-electron chi connectivity index (χ3n) is 4.50. The van der Waals surface area contributed by atoms with E-state index in [1.807, 2.05) is 19.1 Å². The lowest BCUT2D eigenvalue weighted by Gasteiger charge is -2.24. The SMILES string of the molecule is CCCOC(=O)c1ccc(N(Cc2ccccc2O)c2nc(OC)cc(OC)n2)cc1. The van der Waals surface area contributed by atoms with Crippen LogP contribution in [0, 0.1) is 0 Å². The third-order valence-corrected chi connectivity index (χ3v) is 4.50. The van der Waals surface area contributed by atoms with Crippen LogP contribution < -0.4 is 14.4 Å². The summed E-state index contributed by atoms with van der Waals surface area (Å²) in [7, 11) is 3.02. The maximum atomic E-state index is 12.1. The molecule has 8 heteroatoms. The Morgan fingerprint density at radius 2 is 1.65 bits per heavy atom. The molecule has 0 aliphatic rings. The summed E-state index contributed by atoms with van der Waals surface area (Å²) >= 11 is 0. The van der Waals surface area contributed by atoms with E-state index >= 15 is 0 Å². The van der Waals surface area contributed by atoms with E-state index in [2.05, 4.69) is 9.97 Å². The van der Waals surface area contributed by atoms with Crippen molar-refractivity contribution in [1.29, 1.82) is 0 Å². The van der Waals surface area contributed by atoms with E-state index in [4.69, 9.17) is 14.2 Å². The van der Waals surface area contributed by atoms with Gasteiger partial charge in [-0.25, -0.2) is 4.79 Å². The van der Waals surface area contributed by atoms with E-state index in [9.17, 15) is 9.90 Å². The van der Waals surface area contributed by atoms with Crippen LogP contribution in [-0.2, 0) is 11.3 Å². The van der Waals surface area contributed by atoms with Gasteiger partial charge in [0.05, 0.1) is 39.0 Å². The fourth-order valence-electron chi connectivity index (χ4n) is 2.87. The first kappa shape index (κ1) is 21.9. The molecule has 8 nitrogen and oxygen atoms in total. The number of carbonyl (C=O) groups excluding carboxylic acids is 1. The van der Waals surface area contributed by atoms with E-state index in [1.165, 1.54) is 14.2 Å². The highest BCUT2D eigenvalue weighted by molar-refractivity contribution is 5.90. The zero-order chi connectivity index (χ0) is 22.2. The van der Waals surface area contributed by atoms with Crippen LogP contribution in [0.2, 0.25) is 0 Å². The number of esters is 1. The number of phenols is 1. The molecule has 3 aromatic rings. The van der Waals surface area contributed by atoms with Crippen LogP contribution in [0.1, 0.15) is 29.3 Å². The number of para-hydroxylation sites is 1. The minimum Gasteiger partial charge on any atom is -0.508 e. The summed E-state index contributed by atoms with van der Waals surface area (Å²) in [6.45, 7) is 2.59. The van der Waals surface area contributed by atoms with E-state index in [-0.39, 0.29) is 18.3 Å². The number of methoxy groups -OCH3 is 2. The molecule has 2 aromatic carbocycles. The highest BCUT2D eigenvalue weighted by atomic mass is 16.5. The molecule has 0 atom stereocenters. The molecule has 0 saturated carbocycles. The van der Waals surface area contributed by atoms with Crippen molar-refractivity contribution >= 4 is 17.6 Å². The van der Waals surface area contributed by atoms with Gasteiger partial charge in [-0.3, -0.25) is 0 Å². The molecule has 0 aliphatic carbocycles. The van der Waals surface area contributed by atoms with Gasteiger partial charge in [0.2, 0.25) is 17.7 Å². The van der Waals surface area contributed by atoms with E-state index < -0.39 is 0 Å². The molecular weight excluding hydrogens is 398 g/mol. The lowest BCUT2D eigenvalue weighted by atomic mass is 10.1. The van der Waals surface area contributed by atoms with E-state index in [0.717, 1.165) is 6.42 Å². The smallest absolute Gasteiger partial charge is 0.338 e. The average molecular weight is 423 g/mol. The zero-order valence-corrected chi connectivity index (χ0v) is 17.7. The number of aromatic hydroxyl groups is 1. The van der Waals surface area contributed by atoms with Crippen LogP contribution in [0.25, 0.3) is 0 Å². The third kappa shape index (κ3) is 5.42. The van der Waals surface area contributed by atoms with Gasteiger partial charge < -0.3 is 24.2 Å². The van der Waals surface area contributed by atoms with Crippen molar-refractivity contribution in [2.45, 2.75) is 19.9 Å². The number of aromatic nitrogens is 2. The Morgan fingerprint density at radius 3 is 2.23 bits per heavy atom. The van der Waals surface area contributed by atoms with Crippen LogP contribution in [0.15, 0.2) is 54.6 Å². The summed E-state index contributed by atoms with van der Waals surface area (Å²) in [5.74, 6) is 0.774. The van der Waals surface area contributed by atoms with Crippen molar-refractivity contribution in [3.8, 4) is 17.5 Å². The number of phenolic OH excluding ortho intramolecular Hbond substituents is 1. The summed E-state index contributed by atoms with van der Waals surface area (Å²) < 4.78 is 15.7. The number of hydrogen-bond donors (Lipinski definition) is 1. The largest absolute Gasteiger partial charge is 0.508 e. The molecule has 1 heterocycles. The minimum absolute atomic E-state index is 0.155. The summed E-state index contributed by atoms with van der Waals surface area (Å²) in [6.07, 6.45) is 0.757. The Balaban J connectivity index is 2.00. The lowest BCUT2D eigenvalue weighted by molar-refractivity contribution is 0.0505. The first-order valence-corrected chi connectivity index (χ1v) is 9.84. The van der Waals surface area contributed by atoms with Crippen LogP contribution in [0.5, 0.6) is 17.5 Å². The number of ether oxygens (including phenoxy) is 3. The van der Waals surface area contributed by atoms with Crippen LogP contribution in [0.3, 0.4) is 0 Å². The maximum absolute atomic E-state index is 12.1. The van der Waals surface area contributed by atoms with Gasteiger partial charge >= 0.3 is 5.97 Å². The van der Waals surface area contributed by atoms with E-state index in [0.29, 0.717) is 41.1 Å². The van der Waals surface area contributed by atoms with Crippen molar-refractivity contribution in [2.75, 3.05) is 25.7 Å². The Hall–Kier alpha value is -3.81. The predicted octanol–water partition coefficient (Wildman–Crippen LogP) is 4.10. The first-order chi connectivity index (χ1) is 15.0. The molecule has 0 bridgehead atoms. The molecule has 0 spiro atoms. The molecule has 0 aliphatic heterocycles. The van der Waals surface area contributed by atoms with Crippen molar-refractivity contribution in [3.05, 3.63) is 65.7 Å². The Labute approximate surface area is 181 Å². The molecule has 0 saturated heterocycles. The summed E-state index contributed by atoms with van der Waals surface area (Å²) in [5, 5.41) is 10.3. The highest BCUT2D eigenvalue weighted by Crippen LogP contribution is 2.30. The lowest BCUT2D eigenvalue weighted by Crippen LogP contribution is -2.20. The second-order valence-electron chi connectivity index (χ2n) is 6.65. The number of benzene rings is 2. The molecule has 0 unspecified atom stereocenters. The van der Waals surface area contributed by atoms with Gasteiger partial charge in [0.25, 0.3) is 0 Å². The van der Waals surface area contributed by atoms with Gasteiger partial charge in [-0.1, -0.05) is 25.1 Å². The molecule has 1 N–H and O–H groups in total. The average Bonchev–Trinajstić information content (AvgIpc) is 2.81. The van der Waals surface area contributed by atoms with Crippen LogP contribution >= 0.6 is 0 Å². The van der Waals surface area contributed by atoms with Gasteiger partial charge in [-0.05, 0) is 36.8 Å². The van der Waals surface area contributed by atoms with Gasteiger partial charge in [0, 0.05) is 11.3 Å². The van der Waals surface area contributed by atoms with Crippen molar-refractivity contribution in [1.82, 2.24) is 9.97 Å². The Morgan fingerprint density at radius 1 is 1.00 bits per heavy atom. The number of carbonyl (C=O) groups is 1. The van der Waals surface area contributed by atoms with Crippen LogP contribution in [-0.4, -0.2) is 41.9 Å². The number of nitrogens with zero attached hydrogens (tertiary/aromatic N) is 3. The molecule has 3 rings (SSSR count). The molecule has 0 amide bonds. The minimum atomic E-state index is -0.375. The van der Waals surface area contributed by atoms with E-state index in [1.54, 1.807) is 47.4 Å². The molecule has 0 radical (unpaired) electrons. The quantitative estimate of drug-likeness (QED) is 0.514. The standard InChI is InChI=1S/C23H25N3O5/c1-4-13-31-22(28)16-9-11-18(12-10-16)26(15-17-7-5-6-8-19(17)27)23-24-20(29-2)14-21(25-23)30-3/h5-12,14,27H,4,13,15H2,1-3H3. The number of anilines is 2.